The summed E-state index contributed by atoms with van der Waals surface area (Å²) in [4.78, 5) is 10.9. The monoisotopic (exact) mass is 242 g/mol. The number of aliphatic hydroxyl groups excluding tert-OH is 1. The third-order valence-electron chi connectivity index (χ3n) is 2.32. The first-order valence-electron chi connectivity index (χ1n) is 5.48. The summed E-state index contributed by atoms with van der Waals surface area (Å²) in [6.07, 6.45) is 1.95. The van der Waals surface area contributed by atoms with E-state index >= 15 is 0 Å². The van der Waals surface area contributed by atoms with Gasteiger partial charge in [0.1, 0.15) is 18.5 Å². The highest BCUT2D eigenvalue weighted by Gasteiger charge is 2.25. The van der Waals surface area contributed by atoms with Gasteiger partial charge < -0.3 is 19.7 Å². The highest BCUT2D eigenvalue weighted by molar-refractivity contribution is 5.88. The Hall–Kier alpha value is -1.33. The average Bonchev–Trinajstić information content (AvgIpc) is 2.20. The maximum atomic E-state index is 10.9. The molecule has 0 aromatic heterocycles. The lowest BCUT2D eigenvalue weighted by Crippen LogP contribution is -2.28. The molecule has 1 atom stereocenters. The van der Waals surface area contributed by atoms with Crippen LogP contribution in [0.15, 0.2) is 23.5 Å². The molecule has 2 N–H and O–H groups in total. The van der Waals surface area contributed by atoms with Crippen LogP contribution in [0.5, 0.6) is 0 Å². The molecule has 1 aliphatic rings. The summed E-state index contributed by atoms with van der Waals surface area (Å²) in [6, 6.07) is 0. The highest BCUT2D eigenvalue weighted by Crippen LogP contribution is 2.21. The molecule has 1 rings (SSSR count). The Kier molecular flexibility index (Phi) is 4.31. The number of hydrogen-bond acceptors (Lipinski definition) is 4. The molecule has 0 amide bonds. The van der Waals surface area contributed by atoms with Gasteiger partial charge in [0.25, 0.3) is 0 Å². The van der Waals surface area contributed by atoms with E-state index in [0.717, 1.165) is 0 Å². The van der Waals surface area contributed by atoms with Crippen molar-refractivity contribution in [3.8, 4) is 0 Å². The van der Waals surface area contributed by atoms with Gasteiger partial charge in [0.05, 0.1) is 11.2 Å². The Morgan fingerprint density at radius 2 is 2.35 bits per heavy atom. The first-order chi connectivity index (χ1) is 7.85. The van der Waals surface area contributed by atoms with Crippen molar-refractivity contribution < 1.29 is 24.5 Å². The van der Waals surface area contributed by atoms with E-state index in [1.807, 2.05) is 20.8 Å². The van der Waals surface area contributed by atoms with E-state index in [4.69, 9.17) is 14.6 Å². The number of ether oxygens (including phenoxy) is 2. The second-order valence-corrected chi connectivity index (χ2v) is 4.31. The van der Waals surface area contributed by atoms with Gasteiger partial charge in [-0.25, -0.2) is 4.79 Å². The van der Waals surface area contributed by atoms with Crippen molar-refractivity contribution >= 4 is 5.97 Å². The van der Waals surface area contributed by atoms with Gasteiger partial charge >= 0.3 is 5.97 Å². The van der Waals surface area contributed by atoms with E-state index < -0.39 is 17.7 Å². The van der Waals surface area contributed by atoms with Crippen LogP contribution in [0.1, 0.15) is 20.8 Å². The summed E-state index contributed by atoms with van der Waals surface area (Å²) in [5.74, 6) is -0.730. The number of carboxylic acid groups (broad SMARTS) is 1. The number of aliphatic hydroxyl groups is 1. The molecule has 96 valence electrons. The molecule has 17 heavy (non-hydrogen) atoms. The summed E-state index contributed by atoms with van der Waals surface area (Å²) in [7, 11) is 0. The minimum Gasteiger partial charge on any atom is -0.491 e. The van der Waals surface area contributed by atoms with Gasteiger partial charge in [-0.2, -0.15) is 0 Å². The molecule has 0 saturated heterocycles. The lowest BCUT2D eigenvalue weighted by atomic mass is 10.0. The second-order valence-electron chi connectivity index (χ2n) is 4.31. The molecule has 0 unspecified atom stereocenters. The Labute approximate surface area is 100 Å². The predicted molar refractivity (Wildman–Crippen MR) is 61.5 cm³/mol. The third kappa shape index (κ3) is 3.87. The molecule has 0 fully saturated rings. The second kappa shape index (κ2) is 5.33. The van der Waals surface area contributed by atoms with Gasteiger partial charge in [-0.15, -0.1) is 0 Å². The Morgan fingerprint density at radius 3 is 2.88 bits per heavy atom. The SMILES string of the molecule is CCOC(C)(C)C=C1C=C(C(=O)O)[C@@H](O)CO1. The van der Waals surface area contributed by atoms with Crippen molar-refractivity contribution in [1.29, 1.82) is 0 Å². The van der Waals surface area contributed by atoms with Crippen molar-refractivity contribution in [3.05, 3.63) is 23.5 Å². The van der Waals surface area contributed by atoms with Gasteiger partial charge in [0.15, 0.2) is 0 Å². The summed E-state index contributed by atoms with van der Waals surface area (Å²) < 4.78 is 10.7. The van der Waals surface area contributed by atoms with Crippen LogP contribution in [-0.2, 0) is 14.3 Å². The number of allylic oxidation sites excluding steroid dienone is 1. The minimum atomic E-state index is -1.14. The van der Waals surface area contributed by atoms with Crippen molar-refractivity contribution in [1.82, 2.24) is 0 Å². The molecule has 0 bridgehead atoms. The summed E-state index contributed by atoms with van der Waals surface area (Å²) in [5.41, 5.74) is -0.596. The van der Waals surface area contributed by atoms with Gasteiger partial charge in [-0.3, -0.25) is 0 Å². The molecular formula is C12H18O5. The standard InChI is InChI=1S/C12H18O5/c1-4-17-12(2,3)6-8-5-9(11(14)15)10(13)7-16-8/h5-6,10,13H,4,7H2,1-3H3,(H,14,15)/t10-/m0/s1. The van der Waals surface area contributed by atoms with Crippen LogP contribution in [0.25, 0.3) is 0 Å². The zero-order chi connectivity index (χ0) is 13.1. The fourth-order valence-electron chi connectivity index (χ4n) is 1.60. The Balaban J connectivity index is 2.93. The Bertz CT molecular complexity index is 354. The lowest BCUT2D eigenvalue weighted by Gasteiger charge is -2.25. The van der Waals surface area contributed by atoms with Gasteiger partial charge in [-0.1, -0.05) is 0 Å². The van der Waals surface area contributed by atoms with Gasteiger partial charge in [0.2, 0.25) is 0 Å². The van der Waals surface area contributed by atoms with Crippen LogP contribution in [0.2, 0.25) is 0 Å². The van der Waals surface area contributed by atoms with Gasteiger partial charge in [-0.05, 0) is 32.9 Å². The number of aliphatic carboxylic acids is 1. The van der Waals surface area contributed by atoms with E-state index in [1.165, 1.54) is 6.08 Å². The summed E-state index contributed by atoms with van der Waals surface area (Å²) >= 11 is 0. The number of hydrogen-bond donors (Lipinski definition) is 2. The van der Waals surface area contributed by atoms with Crippen LogP contribution in [0, 0.1) is 0 Å². The van der Waals surface area contributed by atoms with Crippen LogP contribution in [0.4, 0.5) is 0 Å². The molecule has 0 saturated carbocycles. The number of carboxylic acids is 1. The number of rotatable bonds is 4. The zero-order valence-electron chi connectivity index (χ0n) is 10.3. The lowest BCUT2D eigenvalue weighted by molar-refractivity contribution is -0.134. The number of carbonyl (C=O) groups is 1. The largest absolute Gasteiger partial charge is 0.491 e. The first kappa shape index (κ1) is 13.7. The van der Waals surface area contributed by atoms with Crippen molar-refractivity contribution in [2.75, 3.05) is 13.2 Å². The first-order valence-corrected chi connectivity index (χ1v) is 5.48. The molecule has 5 heteroatoms. The molecule has 0 aromatic carbocycles. The molecule has 0 aliphatic carbocycles. The summed E-state index contributed by atoms with van der Waals surface area (Å²) in [5, 5.41) is 18.3. The van der Waals surface area contributed by atoms with E-state index in [-0.39, 0.29) is 12.2 Å². The topological polar surface area (TPSA) is 76.0 Å². The molecule has 0 spiro atoms. The summed E-state index contributed by atoms with van der Waals surface area (Å²) in [6.45, 7) is 6.09. The maximum absolute atomic E-state index is 10.9. The molecule has 1 aliphatic heterocycles. The zero-order valence-corrected chi connectivity index (χ0v) is 10.3. The van der Waals surface area contributed by atoms with Crippen molar-refractivity contribution in [3.63, 3.8) is 0 Å². The van der Waals surface area contributed by atoms with Crippen molar-refractivity contribution in [2.45, 2.75) is 32.5 Å². The molecule has 5 nitrogen and oxygen atoms in total. The highest BCUT2D eigenvalue weighted by atomic mass is 16.5. The van der Waals surface area contributed by atoms with Crippen LogP contribution in [0.3, 0.4) is 0 Å². The smallest absolute Gasteiger partial charge is 0.334 e. The predicted octanol–water partition coefficient (Wildman–Crippen LogP) is 1.09. The van der Waals surface area contributed by atoms with E-state index in [2.05, 4.69) is 0 Å². The third-order valence-corrected chi connectivity index (χ3v) is 2.32. The van der Waals surface area contributed by atoms with Gasteiger partial charge in [0, 0.05) is 6.61 Å². The fourth-order valence-corrected chi connectivity index (χ4v) is 1.60. The average molecular weight is 242 g/mol. The van der Waals surface area contributed by atoms with Crippen molar-refractivity contribution in [2.24, 2.45) is 0 Å². The molecule has 1 heterocycles. The van der Waals surface area contributed by atoms with Crippen LogP contribution < -0.4 is 0 Å². The Morgan fingerprint density at radius 1 is 1.71 bits per heavy atom. The maximum Gasteiger partial charge on any atom is 0.334 e. The van der Waals surface area contributed by atoms with E-state index in [1.54, 1.807) is 6.08 Å². The normalized spacial score (nSPS) is 23.2. The fraction of sp³-hybridized carbons (Fsp3) is 0.583. The van der Waals surface area contributed by atoms with Crippen LogP contribution in [-0.4, -0.2) is 41.1 Å². The van der Waals surface area contributed by atoms with Crippen LogP contribution >= 0.6 is 0 Å². The van der Waals surface area contributed by atoms with E-state index in [9.17, 15) is 9.90 Å². The molecule has 0 aromatic rings. The minimum absolute atomic E-state index is 0.0494. The molecular weight excluding hydrogens is 224 g/mol. The van der Waals surface area contributed by atoms with E-state index in [0.29, 0.717) is 12.4 Å². The quantitative estimate of drug-likeness (QED) is 0.771. The molecule has 0 radical (unpaired) electrons.